The Morgan fingerprint density at radius 1 is 0.941 bits per heavy atom. The summed E-state index contributed by atoms with van der Waals surface area (Å²) >= 11 is 0. The highest BCUT2D eigenvalue weighted by atomic mass is 14.9. The zero-order valence-corrected chi connectivity index (χ0v) is 10.3. The second-order valence-electron chi connectivity index (χ2n) is 4.39. The highest BCUT2D eigenvalue weighted by Crippen LogP contribution is 2.10. The van der Waals surface area contributed by atoms with Gasteiger partial charge in [-0.2, -0.15) is 0 Å². The molecule has 0 unspecified atom stereocenters. The molecule has 0 aliphatic carbocycles. The molecule has 0 fully saturated rings. The van der Waals surface area contributed by atoms with Crippen molar-refractivity contribution in [2.24, 2.45) is 0 Å². The van der Waals surface area contributed by atoms with E-state index in [1.165, 1.54) is 16.8 Å². The van der Waals surface area contributed by atoms with Crippen molar-refractivity contribution in [3.8, 4) is 0 Å². The molecule has 17 heavy (non-hydrogen) atoms. The zero-order chi connectivity index (χ0) is 11.9. The van der Waals surface area contributed by atoms with Crippen LogP contribution in [0.25, 0.3) is 0 Å². The first-order valence-corrected chi connectivity index (χ1v) is 6.19. The van der Waals surface area contributed by atoms with Crippen molar-refractivity contribution >= 4 is 5.69 Å². The van der Waals surface area contributed by atoms with Crippen LogP contribution in [-0.4, -0.2) is 6.54 Å². The molecule has 0 heterocycles. The lowest BCUT2D eigenvalue weighted by Gasteiger charge is -2.07. The van der Waals surface area contributed by atoms with Gasteiger partial charge in [0.2, 0.25) is 0 Å². The van der Waals surface area contributed by atoms with E-state index < -0.39 is 0 Å². The predicted molar refractivity (Wildman–Crippen MR) is 74.4 cm³/mol. The lowest BCUT2D eigenvalue weighted by Crippen LogP contribution is -2.02. The highest BCUT2D eigenvalue weighted by molar-refractivity contribution is 5.45. The summed E-state index contributed by atoms with van der Waals surface area (Å²) in [5, 5.41) is 3.46. The Labute approximate surface area is 103 Å². The fourth-order valence-corrected chi connectivity index (χ4v) is 1.92. The average molecular weight is 225 g/mol. The smallest absolute Gasteiger partial charge is 0.0342 e. The van der Waals surface area contributed by atoms with Gasteiger partial charge >= 0.3 is 0 Å². The van der Waals surface area contributed by atoms with Gasteiger partial charge in [-0.05, 0) is 43.0 Å². The molecule has 2 rings (SSSR count). The Kier molecular flexibility index (Phi) is 4.20. The van der Waals surface area contributed by atoms with Crippen LogP contribution in [0.5, 0.6) is 0 Å². The van der Waals surface area contributed by atoms with E-state index in [4.69, 9.17) is 0 Å². The van der Waals surface area contributed by atoms with Crippen molar-refractivity contribution < 1.29 is 0 Å². The standard InChI is InChI=1S/C16H19N/c1-14-7-5-11-16(13-14)17-12-6-10-15-8-3-2-4-9-15/h2-5,7-9,11,13,17H,6,10,12H2,1H3. The van der Waals surface area contributed by atoms with Gasteiger partial charge in [-0.3, -0.25) is 0 Å². The Morgan fingerprint density at radius 2 is 1.76 bits per heavy atom. The van der Waals surface area contributed by atoms with Gasteiger partial charge in [0.1, 0.15) is 0 Å². The Morgan fingerprint density at radius 3 is 2.53 bits per heavy atom. The lowest BCUT2D eigenvalue weighted by atomic mass is 10.1. The van der Waals surface area contributed by atoms with Gasteiger partial charge in [0, 0.05) is 12.2 Å². The molecule has 0 aliphatic rings. The van der Waals surface area contributed by atoms with Crippen LogP contribution in [0.2, 0.25) is 0 Å². The monoisotopic (exact) mass is 225 g/mol. The van der Waals surface area contributed by atoms with Crippen LogP contribution in [0, 0.1) is 6.92 Å². The van der Waals surface area contributed by atoms with Crippen LogP contribution in [0.1, 0.15) is 17.5 Å². The number of anilines is 1. The molecule has 1 nitrogen and oxygen atoms in total. The SMILES string of the molecule is Cc1cccc(NCCCc2ccccc2)c1. The summed E-state index contributed by atoms with van der Waals surface area (Å²) in [6, 6.07) is 19.2. The summed E-state index contributed by atoms with van der Waals surface area (Å²) in [5.74, 6) is 0. The molecule has 0 amide bonds. The molecule has 1 N–H and O–H groups in total. The fraction of sp³-hybridized carbons (Fsp3) is 0.250. The largest absolute Gasteiger partial charge is 0.385 e. The van der Waals surface area contributed by atoms with E-state index in [-0.39, 0.29) is 0 Å². The van der Waals surface area contributed by atoms with Gasteiger partial charge in [0.15, 0.2) is 0 Å². The summed E-state index contributed by atoms with van der Waals surface area (Å²) in [6.07, 6.45) is 2.30. The number of hydrogen-bond acceptors (Lipinski definition) is 1. The normalized spacial score (nSPS) is 10.2. The number of hydrogen-bond donors (Lipinski definition) is 1. The molecular weight excluding hydrogens is 206 g/mol. The number of benzene rings is 2. The van der Waals surface area contributed by atoms with Gasteiger partial charge in [0.25, 0.3) is 0 Å². The van der Waals surface area contributed by atoms with E-state index in [2.05, 4.69) is 66.8 Å². The maximum Gasteiger partial charge on any atom is 0.0342 e. The molecule has 0 aromatic heterocycles. The first-order chi connectivity index (χ1) is 8.34. The second-order valence-corrected chi connectivity index (χ2v) is 4.39. The van der Waals surface area contributed by atoms with Crippen molar-refractivity contribution in [1.29, 1.82) is 0 Å². The minimum Gasteiger partial charge on any atom is -0.385 e. The summed E-state index contributed by atoms with van der Waals surface area (Å²) in [6.45, 7) is 3.15. The molecule has 0 radical (unpaired) electrons. The summed E-state index contributed by atoms with van der Waals surface area (Å²) < 4.78 is 0. The van der Waals surface area contributed by atoms with Crippen LogP contribution in [0.4, 0.5) is 5.69 Å². The number of rotatable bonds is 5. The molecular formula is C16H19N. The van der Waals surface area contributed by atoms with Crippen molar-refractivity contribution in [3.05, 3.63) is 65.7 Å². The minimum atomic E-state index is 1.03. The Balaban J connectivity index is 1.73. The van der Waals surface area contributed by atoms with E-state index in [1.807, 2.05) is 0 Å². The van der Waals surface area contributed by atoms with Crippen molar-refractivity contribution in [2.45, 2.75) is 19.8 Å². The third kappa shape index (κ3) is 3.95. The topological polar surface area (TPSA) is 12.0 Å². The van der Waals surface area contributed by atoms with Crippen molar-refractivity contribution in [1.82, 2.24) is 0 Å². The molecule has 0 atom stereocenters. The van der Waals surface area contributed by atoms with Crippen LogP contribution in [0.15, 0.2) is 54.6 Å². The van der Waals surface area contributed by atoms with E-state index >= 15 is 0 Å². The maximum absolute atomic E-state index is 3.46. The van der Waals surface area contributed by atoms with E-state index in [0.717, 1.165) is 19.4 Å². The second kappa shape index (κ2) is 6.09. The zero-order valence-electron chi connectivity index (χ0n) is 10.3. The van der Waals surface area contributed by atoms with Gasteiger partial charge in [-0.1, -0.05) is 42.5 Å². The van der Waals surface area contributed by atoms with Gasteiger partial charge in [-0.25, -0.2) is 0 Å². The van der Waals surface area contributed by atoms with Gasteiger partial charge < -0.3 is 5.32 Å². The average Bonchev–Trinajstić information content (AvgIpc) is 2.36. The number of nitrogens with one attached hydrogen (secondary N) is 1. The first kappa shape index (κ1) is 11.7. The Bertz CT molecular complexity index is 448. The summed E-state index contributed by atoms with van der Waals surface area (Å²) in [4.78, 5) is 0. The third-order valence-electron chi connectivity index (χ3n) is 2.83. The molecule has 2 aromatic carbocycles. The summed E-state index contributed by atoms with van der Waals surface area (Å²) in [5.41, 5.74) is 3.94. The van der Waals surface area contributed by atoms with E-state index in [0.29, 0.717) is 0 Å². The maximum atomic E-state index is 3.46. The molecule has 0 saturated carbocycles. The third-order valence-corrected chi connectivity index (χ3v) is 2.83. The highest BCUT2D eigenvalue weighted by Gasteiger charge is 1.93. The van der Waals surface area contributed by atoms with Crippen LogP contribution in [-0.2, 0) is 6.42 Å². The lowest BCUT2D eigenvalue weighted by molar-refractivity contribution is 0.863. The molecule has 88 valence electrons. The molecule has 0 bridgehead atoms. The first-order valence-electron chi connectivity index (χ1n) is 6.19. The molecule has 0 aliphatic heterocycles. The number of aryl methyl sites for hydroxylation is 2. The molecule has 1 heteroatoms. The fourth-order valence-electron chi connectivity index (χ4n) is 1.92. The van der Waals surface area contributed by atoms with E-state index in [9.17, 15) is 0 Å². The van der Waals surface area contributed by atoms with Gasteiger partial charge in [0.05, 0.1) is 0 Å². The van der Waals surface area contributed by atoms with Gasteiger partial charge in [-0.15, -0.1) is 0 Å². The van der Waals surface area contributed by atoms with Crippen LogP contribution < -0.4 is 5.32 Å². The minimum absolute atomic E-state index is 1.03. The summed E-state index contributed by atoms with van der Waals surface area (Å²) in [7, 11) is 0. The Hall–Kier alpha value is -1.76. The van der Waals surface area contributed by atoms with Crippen LogP contribution in [0.3, 0.4) is 0 Å². The molecule has 2 aromatic rings. The van der Waals surface area contributed by atoms with E-state index in [1.54, 1.807) is 0 Å². The van der Waals surface area contributed by atoms with Crippen molar-refractivity contribution in [2.75, 3.05) is 11.9 Å². The van der Waals surface area contributed by atoms with Crippen LogP contribution >= 0.6 is 0 Å². The quantitative estimate of drug-likeness (QED) is 0.757. The van der Waals surface area contributed by atoms with Crippen molar-refractivity contribution in [3.63, 3.8) is 0 Å². The predicted octanol–water partition coefficient (Wildman–Crippen LogP) is 4.04. The molecule has 0 saturated heterocycles. The molecule has 0 spiro atoms.